The van der Waals surface area contributed by atoms with Crippen molar-refractivity contribution in [2.45, 2.75) is 42.7 Å². The molecular formula is C18H24N2O6S. The second kappa shape index (κ2) is 7.95. The van der Waals surface area contributed by atoms with Crippen molar-refractivity contribution in [3.8, 4) is 0 Å². The van der Waals surface area contributed by atoms with E-state index in [9.17, 15) is 18.0 Å². The van der Waals surface area contributed by atoms with E-state index < -0.39 is 22.0 Å². The molecule has 1 saturated heterocycles. The number of likely N-dealkylation sites (tertiary alicyclic amines) is 1. The van der Waals surface area contributed by atoms with Crippen molar-refractivity contribution in [3.05, 3.63) is 29.8 Å². The number of rotatable bonds is 8. The van der Waals surface area contributed by atoms with Gasteiger partial charge in [0.05, 0.1) is 17.4 Å². The highest BCUT2D eigenvalue weighted by Gasteiger charge is 2.37. The fourth-order valence-electron chi connectivity index (χ4n) is 3.28. The second-order valence-electron chi connectivity index (χ2n) is 7.13. The van der Waals surface area contributed by atoms with Crippen LogP contribution < -0.4 is 4.72 Å². The largest absolute Gasteiger partial charge is 0.481 e. The summed E-state index contributed by atoms with van der Waals surface area (Å²) in [6, 6.07) is 5.38. The molecule has 9 heteroatoms. The molecule has 2 N–H and O–H groups in total. The Balaban J connectivity index is 1.78. The smallest absolute Gasteiger partial charge is 0.305 e. The van der Waals surface area contributed by atoms with Gasteiger partial charge in [-0.1, -0.05) is 6.07 Å². The van der Waals surface area contributed by atoms with E-state index in [2.05, 4.69) is 4.72 Å². The van der Waals surface area contributed by atoms with Crippen LogP contribution in [0.15, 0.2) is 29.2 Å². The van der Waals surface area contributed by atoms with Crippen molar-refractivity contribution in [1.82, 2.24) is 9.62 Å². The van der Waals surface area contributed by atoms with E-state index in [1.54, 1.807) is 6.07 Å². The third-order valence-electron chi connectivity index (χ3n) is 5.03. The third-order valence-corrected chi connectivity index (χ3v) is 6.45. The topological polar surface area (TPSA) is 113 Å². The minimum Gasteiger partial charge on any atom is -0.481 e. The number of benzene rings is 1. The summed E-state index contributed by atoms with van der Waals surface area (Å²) in [5.74, 6) is -0.979. The predicted molar refractivity (Wildman–Crippen MR) is 96.8 cm³/mol. The molecule has 8 nitrogen and oxygen atoms in total. The molecule has 1 aliphatic carbocycles. The number of nitrogens with one attached hydrogen (secondary N) is 1. The minimum absolute atomic E-state index is 0.0336. The van der Waals surface area contributed by atoms with Crippen molar-refractivity contribution in [3.63, 3.8) is 0 Å². The summed E-state index contributed by atoms with van der Waals surface area (Å²) < 4.78 is 32.7. The number of aliphatic carboxylic acids is 1. The van der Waals surface area contributed by atoms with Crippen molar-refractivity contribution in [1.29, 1.82) is 0 Å². The number of nitrogens with zero attached hydrogens (tertiary/aromatic N) is 1. The zero-order valence-corrected chi connectivity index (χ0v) is 15.9. The highest BCUT2D eigenvalue weighted by Crippen LogP contribution is 2.28. The Hall–Kier alpha value is -1.97. The predicted octanol–water partition coefficient (Wildman–Crippen LogP) is 1.08. The number of carbonyl (C=O) groups excluding carboxylic acids is 1. The van der Waals surface area contributed by atoms with Crippen molar-refractivity contribution >= 4 is 21.9 Å². The van der Waals surface area contributed by atoms with Gasteiger partial charge in [-0.15, -0.1) is 0 Å². The molecule has 27 heavy (non-hydrogen) atoms. The van der Waals surface area contributed by atoms with E-state index in [-0.39, 0.29) is 35.4 Å². The van der Waals surface area contributed by atoms with E-state index in [4.69, 9.17) is 9.84 Å². The lowest BCUT2D eigenvalue weighted by atomic mass is 10.1. The summed E-state index contributed by atoms with van der Waals surface area (Å²) >= 11 is 0. The number of carboxylic acids is 1. The lowest BCUT2D eigenvalue weighted by Gasteiger charge is -2.23. The SMILES string of the molecule is COC1CC(CC(=O)O)N(C(=O)c2cccc(S(=O)(=O)NCC3CC3)c2)C1. The van der Waals surface area contributed by atoms with Gasteiger partial charge in [0.25, 0.3) is 5.91 Å². The highest BCUT2D eigenvalue weighted by atomic mass is 32.2. The van der Waals surface area contributed by atoms with E-state index in [1.807, 2.05) is 0 Å². The summed E-state index contributed by atoms with van der Waals surface area (Å²) in [6.07, 6.45) is 2.09. The standard InChI is InChI=1S/C18H24N2O6S/c1-26-15-8-14(9-17(21)22)20(11-15)18(23)13-3-2-4-16(7-13)27(24,25)19-10-12-5-6-12/h2-4,7,12,14-15,19H,5-6,8-11H2,1H3,(H,21,22). The number of sulfonamides is 1. The molecule has 1 aromatic rings. The summed E-state index contributed by atoms with van der Waals surface area (Å²) in [6.45, 7) is 0.688. The van der Waals surface area contributed by atoms with Gasteiger partial charge in [0.1, 0.15) is 0 Å². The molecule has 1 saturated carbocycles. The van der Waals surface area contributed by atoms with Gasteiger partial charge < -0.3 is 14.7 Å². The molecule has 2 fully saturated rings. The molecule has 1 heterocycles. The van der Waals surface area contributed by atoms with Gasteiger partial charge in [0, 0.05) is 31.8 Å². The zero-order chi connectivity index (χ0) is 19.6. The maximum absolute atomic E-state index is 12.9. The fourth-order valence-corrected chi connectivity index (χ4v) is 4.44. The summed E-state index contributed by atoms with van der Waals surface area (Å²) in [7, 11) is -2.16. The van der Waals surface area contributed by atoms with Gasteiger partial charge in [-0.05, 0) is 43.4 Å². The van der Waals surface area contributed by atoms with E-state index in [1.165, 1.54) is 30.2 Å². The average molecular weight is 396 g/mol. The van der Waals surface area contributed by atoms with Crippen molar-refractivity contribution in [2.75, 3.05) is 20.2 Å². The number of methoxy groups -OCH3 is 1. The molecule has 2 unspecified atom stereocenters. The molecule has 2 aliphatic rings. The van der Waals surface area contributed by atoms with Crippen LogP contribution in [-0.4, -0.2) is 62.6 Å². The van der Waals surface area contributed by atoms with Crippen LogP contribution >= 0.6 is 0 Å². The maximum Gasteiger partial charge on any atom is 0.305 e. The Morgan fingerprint density at radius 1 is 1.33 bits per heavy atom. The molecule has 0 aromatic heterocycles. The molecule has 148 valence electrons. The van der Waals surface area contributed by atoms with E-state index in [0.29, 0.717) is 18.9 Å². The van der Waals surface area contributed by atoms with Gasteiger partial charge in [-0.3, -0.25) is 9.59 Å². The summed E-state index contributed by atoms with van der Waals surface area (Å²) in [5, 5.41) is 9.10. The molecule has 1 aliphatic heterocycles. The van der Waals surface area contributed by atoms with Crippen LogP contribution in [0.2, 0.25) is 0 Å². The molecule has 1 amide bonds. The van der Waals surface area contributed by atoms with Gasteiger partial charge in [0.2, 0.25) is 10.0 Å². The average Bonchev–Trinajstić information content (AvgIpc) is 3.39. The molecule has 3 rings (SSSR count). The molecule has 2 atom stereocenters. The van der Waals surface area contributed by atoms with Gasteiger partial charge in [-0.2, -0.15) is 0 Å². The first-order valence-corrected chi connectivity index (χ1v) is 10.4. The third kappa shape index (κ3) is 4.85. The molecular weight excluding hydrogens is 372 g/mol. The van der Waals surface area contributed by atoms with Crippen molar-refractivity contribution < 1.29 is 27.9 Å². The van der Waals surface area contributed by atoms with Crippen LogP contribution in [0, 0.1) is 5.92 Å². The fraction of sp³-hybridized carbons (Fsp3) is 0.556. The number of hydrogen-bond acceptors (Lipinski definition) is 5. The molecule has 0 spiro atoms. The van der Waals surface area contributed by atoms with Gasteiger partial charge in [-0.25, -0.2) is 13.1 Å². The Kier molecular flexibility index (Phi) is 5.83. The number of hydrogen-bond donors (Lipinski definition) is 2. The Morgan fingerprint density at radius 3 is 2.70 bits per heavy atom. The lowest BCUT2D eigenvalue weighted by molar-refractivity contribution is -0.138. The Labute approximate surface area is 158 Å². The molecule has 0 radical (unpaired) electrons. The maximum atomic E-state index is 12.9. The Morgan fingerprint density at radius 2 is 2.07 bits per heavy atom. The number of amides is 1. The number of carboxylic acid groups (broad SMARTS) is 1. The highest BCUT2D eigenvalue weighted by molar-refractivity contribution is 7.89. The van der Waals surface area contributed by atoms with Crippen LogP contribution in [0.4, 0.5) is 0 Å². The van der Waals surface area contributed by atoms with E-state index in [0.717, 1.165) is 12.8 Å². The number of carbonyl (C=O) groups is 2. The molecule has 1 aromatic carbocycles. The lowest BCUT2D eigenvalue weighted by Crippen LogP contribution is -2.37. The summed E-state index contributed by atoms with van der Waals surface area (Å²) in [4.78, 5) is 25.5. The normalized spacial score (nSPS) is 22.8. The summed E-state index contributed by atoms with van der Waals surface area (Å²) in [5.41, 5.74) is 0.219. The van der Waals surface area contributed by atoms with E-state index >= 15 is 0 Å². The van der Waals surface area contributed by atoms with Crippen molar-refractivity contribution in [2.24, 2.45) is 5.92 Å². The van der Waals surface area contributed by atoms with Crippen LogP contribution in [0.3, 0.4) is 0 Å². The number of ether oxygens (including phenoxy) is 1. The van der Waals surface area contributed by atoms with Gasteiger partial charge >= 0.3 is 5.97 Å². The second-order valence-corrected chi connectivity index (χ2v) is 8.89. The quantitative estimate of drug-likeness (QED) is 0.680. The van der Waals surface area contributed by atoms with Crippen LogP contribution in [0.25, 0.3) is 0 Å². The first-order chi connectivity index (χ1) is 12.8. The van der Waals surface area contributed by atoms with Gasteiger partial charge in [0.15, 0.2) is 0 Å². The zero-order valence-electron chi connectivity index (χ0n) is 15.1. The van der Waals surface area contributed by atoms with Crippen LogP contribution in [0.5, 0.6) is 0 Å². The van der Waals surface area contributed by atoms with Crippen LogP contribution in [-0.2, 0) is 19.6 Å². The first-order valence-electron chi connectivity index (χ1n) is 8.95. The monoisotopic (exact) mass is 396 g/mol. The van der Waals surface area contributed by atoms with Crippen LogP contribution in [0.1, 0.15) is 36.0 Å². The first kappa shape index (κ1) is 19.8. The Bertz CT molecular complexity index is 821. The minimum atomic E-state index is -3.68. The molecule has 0 bridgehead atoms.